The molecule has 1 aromatic heterocycles. The first kappa shape index (κ1) is 20.7. The van der Waals surface area contributed by atoms with Crippen molar-refractivity contribution >= 4 is 44.8 Å². The summed E-state index contributed by atoms with van der Waals surface area (Å²) >= 11 is 0. The zero-order valence-corrected chi connectivity index (χ0v) is 18.4. The van der Waals surface area contributed by atoms with Gasteiger partial charge in [0.05, 0.1) is 34.7 Å². The fraction of sp³-hybridized carbons (Fsp3) is 0.192. The topological polar surface area (TPSA) is 84.3 Å². The minimum absolute atomic E-state index is 0.358. The summed E-state index contributed by atoms with van der Waals surface area (Å²) in [4.78, 5) is 22.1. The third-order valence-electron chi connectivity index (χ3n) is 6.10. The second-order valence-corrected chi connectivity index (χ2v) is 8.26. The predicted molar refractivity (Wildman–Crippen MR) is 133 cm³/mol. The van der Waals surface area contributed by atoms with Crippen LogP contribution in [0.1, 0.15) is 5.56 Å². The number of anilines is 3. The van der Waals surface area contributed by atoms with E-state index in [9.17, 15) is 10.1 Å². The van der Waals surface area contributed by atoms with E-state index in [2.05, 4.69) is 44.6 Å². The first-order valence-electron chi connectivity index (χ1n) is 10.9. The van der Waals surface area contributed by atoms with E-state index in [0.717, 1.165) is 53.5 Å². The van der Waals surface area contributed by atoms with E-state index >= 15 is 0 Å². The van der Waals surface area contributed by atoms with Gasteiger partial charge < -0.3 is 20.4 Å². The number of piperazine rings is 1. The first-order chi connectivity index (χ1) is 16.1. The van der Waals surface area contributed by atoms with Crippen molar-refractivity contribution in [2.24, 2.45) is 0 Å². The summed E-state index contributed by atoms with van der Waals surface area (Å²) in [5, 5.41) is 17.8. The van der Waals surface area contributed by atoms with Gasteiger partial charge in [0, 0.05) is 48.0 Å². The lowest BCUT2D eigenvalue weighted by Gasteiger charge is -2.34. The van der Waals surface area contributed by atoms with E-state index in [1.165, 1.54) is 0 Å². The summed E-state index contributed by atoms with van der Waals surface area (Å²) in [6, 6.07) is 21.0. The van der Waals surface area contributed by atoms with Crippen LogP contribution < -0.4 is 15.5 Å². The van der Waals surface area contributed by atoms with Gasteiger partial charge in [-0.1, -0.05) is 30.3 Å². The van der Waals surface area contributed by atoms with Crippen LogP contribution in [0.25, 0.3) is 21.7 Å². The monoisotopic (exact) mass is 436 g/mol. The molecule has 1 aliphatic rings. The number of carbonyl (C=O) groups is 1. The Labute approximate surface area is 192 Å². The zero-order chi connectivity index (χ0) is 22.8. The summed E-state index contributed by atoms with van der Waals surface area (Å²) in [5.41, 5.74) is 3.88. The predicted octanol–water partition coefficient (Wildman–Crippen LogP) is 4.66. The Balaban J connectivity index is 1.40. The Morgan fingerprint density at radius 3 is 2.52 bits per heavy atom. The maximum Gasteiger partial charge on any atom is 0.323 e. The van der Waals surface area contributed by atoms with E-state index in [-0.39, 0.29) is 6.03 Å². The van der Waals surface area contributed by atoms with Crippen LogP contribution in [0.15, 0.2) is 66.9 Å². The average Bonchev–Trinajstić information content (AvgIpc) is 2.84. The minimum atomic E-state index is -0.358. The van der Waals surface area contributed by atoms with Crippen molar-refractivity contribution in [1.82, 2.24) is 9.88 Å². The zero-order valence-electron chi connectivity index (χ0n) is 18.4. The molecule has 3 aromatic carbocycles. The van der Waals surface area contributed by atoms with Gasteiger partial charge in [-0.2, -0.15) is 5.26 Å². The number of carbonyl (C=O) groups excluding carboxylic acids is 1. The molecular formula is C26H24N6O. The molecule has 0 saturated carbocycles. The number of amides is 2. The number of benzene rings is 3. The number of urea groups is 1. The fourth-order valence-electron chi connectivity index (χ4n) is 4.33. The average molecular weight is 437 g/mol. The molecule has 0 atom stereocenters. The van der Waals surface area contributed by atoms with Crippen molar-refractivity contribution in [3.8, 4) is 6.07 Å². The molecule has 5 rings (SSSR count). The summed E-state index contributed by atoms with van der Waals surface area (Å²) < 4.78 is 0. The largest absolute Gasteiger partial charge is 0.368 e. The highest BCUT2D eigenvalue weighted by atomic mass is 16.2. The van der Waals surface area contributed by atoms with Crippen LogP contribution in [-0.2, 0) is 0 Å². The van der Waals surface area contributed by atoms with Gasteiger partial charge in [0.25, 0.3) is 0 Å². The molecule has 0 bridgehead atoms. The van der Waals surface area contributed by atoms with Gasteiger partial charge in [-0.25, -0.2) is 4.79 Å². The SMILES string of the molecule is CN1CCN(c2cccc3ncc(NC(=O)Nc4cccc5c(C#N)cccc45)cc23)CC1. The van der Waals surface area contributed by atoms with Crippen molar-refractivity contribution in [2.75, 3.05) is 48.8 Å². The van der Waals surface area contributed by atoms with Gasteiger partial charge in [-0.05, 0) is 37.4 Å². The fourth-order valence-corrected chi connectivity index (χ4v) is 4.33. The Morgan fingerprint density at radius 1 is 0.939 bits per heavy atom. The van der Waals surface area contributed by atoms with E-state index < -0.39 is 0 Å². The number of hydrogen-bond donors (Lipinski definition) is 2. The maximum absolute atomic E-state index is 12.8. The molecule has 0 spiro atoms. The Morgan fingerprint density at radius 2 is 1.70 bits per heavy atom. The number of nitrogens with zero attached hydrogens (tertiary/aromatic N) is 4. The molecule has 164 valence electrons. The van der Waals surface area contributed by atoms with Crippen LogP contribution in [0.4, 0.5) is 21.9 Å². The Kier molecular flexibility index (Phi) is 5.51. The van der Waals surface area contributed by atoms with Crippen molar-refractivity contribution in [3.63, 3.8) is 0 Å². The summed E-state index contributed by atoms with van der Waals surface area (Å²) in [5.74, 6) is 0. The number of fused-ring (bicyclic) bond motifs is 2. The quantitative estimate of drug-likeness (QED) is 0.488. The third-order valence-corrected chi connectivity index (χ3v) is 6.10. The van der Waals surface area contributed by atoms with Crippen LogP contribution >= 0.6 is 0 Å². The van der Waals surface area contributed by atoms with Gasteiger partial charge in [-0.3, -0.25) is 4.98 Å². The molecule has 7 heteroatoms. The van der Waals surface area contributed by atoms with Crippen molar-refractivity contribution < 1.29 is 4.79 Å². The Bertz CT molecular complexity index is 1380. The molecule has 0 radical (unpaired) electrons. The van der Waals surface area contributed by atoms with Crippen molar-refractivity contribution in [1.29, 1.82) is 5.26 Å². The van der Waals surface area contributed by atoms with E-state index in [1.807, 2.05) is 48.5 Å². The van der Waals surface area contributed by atoms with E-state index in [0.29, 0.717) is 16.9 Å². The molecule has 33 heavy (non-hydrogen) atoms. The molecule has 7 nitrogen and oxygen atoms in total. The third kappa shape index (κ3) is 4.16. The minimum Gasteiger partial charge on any atom is -0.368 e. The highest BCUT2D eigenvalue weighted by molar-refractivity contribution is 6.07. The van der Waals surface area contributed by atoms with Gasteiger partial charge in [0.15, 0.2) is 0 Å². The van der Waals surface area contributed by atoms with Crippen LogP contribution in [-0.4, -0.2) is 49.1 Å². The van der Waals surface area contributed by atoms with Crippen molar-refractivity contribution in [3.05, 3.63) is 72.4 Å². The van der Waals surface area contributed by atoms with Crippen molar-refractivity contribution in [2.45, 2.75) is 0 Å². The lowest BCUT2D eigenvalue weighted by molar-refractivity contribution is 0.262. The maximum atomic E-state index is 12.8. The highest BCUT2D eigenvalue weighted by Crippen LogP contribution is 2.29. The summed E-state index contributed by atoms with van der Waals surface area (Å²) in [6.45, 7) is 3.95. The van der Waals surface area contributed by atoms with E-state index in [4.69, 9.17) is 0 Å². The normalized spacial score (nSPS) is 14.2. The van der Waals surface area contributed by atoms with Gasteiger partial charge in [0.1, 0.15) is 0 Å². The van der Waals surface area contributed by atoms with Crippen LogP contribution in [0.5, 0.6) is 0 Å². The van der Waals surface area contributed by atoms with Crippen LogP contribution in [0, 0.1) is 11.3 Å². The molecule has 0 unspecified atom stereocenters. The molecule has 4 aromatic rings. The lowest BCUT2D eigenvalue weighted by atomic mass is 10.0. The number of rotatable bonds is 3. The number of nitrogens with one attached hydrogen (secondary N) is 2. The van der Waals surface area contributed by atoms with Crippen LogP contribution in [0.2, 0.25) is 0 Å². The molecule has 1 saturated heterocycles. The lowest BCUT2D eigenvalue weighted by Crippen LogP contribution is -2.44. The number of nitriles is 1. The first-order valence-corrected chi connectivity index (χ1v) is 10.9. The van der Waals surface area contributed by atoms with Crippen LogP contribution in [0.3, 0.4) is 0 Å². The molecule has 2 N–H and O–H groups in total. The van der Waals surface area contributed by atoms with Gasteiger partial charge in [-0.15, -0.1) is 0 Å². The number of likely N-dealkylation sites (N-methyl/N-ethyl adjacent to an activating group) is 1. The molecule has 2 heterocycles. The second-order valence-electron chi connectivity index (χ2n) is 8.26. The molecule has 1 fully saturated rings. The Hall–Kier alpha value is -4.15. The molecule has 1 aliphatic heterocycles. The second kappa shape index (κ2) is 8.77. The number of hydrogen-bond acceptors (Lipinski definition) is 5. The standard InChI is InChI=1S/C26H24N6O/c1-31-11-13-32(14-12-31)25-10-4-8-23-22(25)15-19(17-28-23)29-26(33)30-24-9-3-6-20-18(16-27)5-2-7-21(20)24/h2-10,15,17H,11-14H2,1H3,(H2,29,30,33). The molecular weight excluding hydrogens is 412 g/mol. The van der Waals surface area contributed by atoms with Gasteiger partial charge in [0.2, 0.25) is 0 Å². The summed E-state index contributed by atoms with van der Waals surface area (Å²) in [7, 11) is 2.14. The van der Waals surface area contributed by atoms with Gasteiger partial charge >= 0.3 is 6.03 Å². The smallest absolute Gasteiger partial charge is 0.323 e. The molecule has 2 amide bonds. The van der Waals surface area contributed by atoms with E-state index in [1.54, 1.807) is 12.3 Å². The molecule has 0 aliphatic carbocycles. The summed E-state index contributed by atoms with van der Waals surface area (Å²) in [6.07, 6.45) is 1.67. The number of pyridine rings is 1. The number of aromatic nitrogens is 1. The highest BCUT2D eigenvalue weighted by Gasteiger charge is 2.17.